The summed E-state index contributed by atoms with van der Waals surface area (Å²) in [5.41, 5.74) is 5.75. The Morgan fingerprint density at radius 2 is 2.36 bits per heavy atom. The van der Waals surface area contributed by atoms with Crippen LogP contribution in [0.25, 0.3) is 0 Å². The molecule has 0 aromatic carbocycles. The first kappa shape index (κ1) is 8.87. The van der Waals surface area contributed by atoms with Crippen LogP contribution in [0, 0.1) is 5.92 Å². The van der Waals surface area contributed by atoms with Crippen LogP contribution in [0.4, 0.5) is 0 Å². The highest BCUT2D eigenvalue weighted by molar-refractivity contribution is 7.99. The summed E-state index contributed by atoms with van der Waals surface area (Å²) in [6, 6.07) is 0.222. The fraction of sp³-hybridized carbons (Fsp3) is 0.857. The Kier molecular flexibility index (Phi) is 3.20. The molecule has 0 amide bonds. The van der Waals surface area contributed by atoms with Crippen molar-refractivity contribution < 1.29 is 9.90 Å². The van der Waals surface area contributed by atoms with E-state index in [0.29, 0.717) is 5.92 Å². The van der Waals surface area contributed by atoms with Crippen molar-refractivity contribution in [1.29, 1.82) is 0 Å². The van der Waals surface area contributed by atoms with E-state index in [-0.39, 0.29) is 12.5 Å². The third-order valence-electron chi connectivity index (χ3n) is 1.98. The van der Waals surface area contributed by atoms with E-state index in [4.69, 9.17) is 10.8 Å². The Morgan fingerprint density at radius 1 is 1.64 bits per heavy atom. The highest BCUT2D eigenvalue weighted by Gasteiger charge is 2.24. The molecule has 3 nitrogen and oxygen atoms in total. The summed E-state index contributed by atoms with van der Waals surface area (Å²) < 4.78 is 0. The van der Waals surface area contributed by atoms with Crippen molar-refractivity contribution in [2.75, 3.05) is 11.5 Å². The molecule has 2 unspecified atom stereocenters. The van der Waals surface area contributed by atoms with Crippen LogP contribution >= 0.6 is 11.8 Å². The lowest BCUT2D eigenvalue weighted by molar-refractivity contribution is -0.137. The fourth-order valence-corrected chi connectivity index (χ4v) is 2.62. The van der Waals surface area contributed by atoms with E-state index in [2.05, 4.69) is 0 Å². The SMILES string of the molecule is NC1CSCC1CCC(=O)O. The molecule has 1 saturated heterocycles. The van der Waals surface area contributed by atoms with Gasteiger partial charge >= 0.3 is 5.97 Å². The Labute approximate surface area is 70.3 Å². The third kappa shape index (κ3) is 2.71. The molecule has 0 bridgehead atoms. The molecule has 1 aliphatic rings. The Morgan fingerprint density at radius 3 is 2.82 bits per heavy atom. The van der Waals surface area contributed by atoms with Crippen LogP contribution in [-0.4, -0.2) is 28.6 Å². The average molecular weight is 175 g/mol. The number of hydrogen-bond donors (Lipinski definition) is 2. The monoisotopic (exact) mass is 175 g/mol. The van der Waals surface area contributed by atoms with Crippen LogP contribution < -0.4 is 5.73 Å². The summed E-state index contributed by atoms with van der Waals surface area (Å²) >= 11 is 1.82. The van der Waals surface area contributed by atoms with Gasteiger partial charge in [-0.3, -0.25) is 4.79 Å². The second kappa shape index (κ2) is 3.97. The van der Waals surface area contributed by atoms with Gasteiger partial charge in [-0.05, 0) is 18.1 Å². The maximum atomic E-state index is 10.2. The van der Waals surface area contributed by atoms with Gasteiger partial charge < -0.3 is 10.8 Å². The number of carbonyl (C=O) groups is 1. The number of hydrogen-bond acceptors (Lipinski definition) is 3. The Bertz CT molecular complexity index is 151. The van der Waals surface area contributed by atoms with Crippen LogP contribution in [0.5, 0.6) is 0 Å². The van der Waals surface area contributed by atoms with Crippen LogP contribution in [0.3, 0.4) is 0 Å². The van der Waals surface area contributed by atoms with E-state index in [1.807, 2.05) is 11.8 Å². The predicted octanol–water partition coefficient (Wildman–Crippen LogP) is 0.542. The smallest absolute Gasteiger partial charge is 0.303 e. The van der Waals surface area contributed by atoms with Gasteiger partial charge in [-0.15, -0.1) is 0 Å². The van der Waals surface area contributed by atoms with Gasteiger partial charge in [0.05, 0.1) is 0 Å². The second-order valence-electron chi connectivity index (χ2n) is 2.89. The predicted molar refractivity (Wildman–Crippen MR) is 45.7 cm³/mol. The Hall–Kier alpha value is -0.220. The van der Waals surface area contributed by atoms with Crippen molar-refractivity contribution in [3.05, 3.63) is 0 Å². The van der Waals surface area contributed by atoms with Gasteiger partial charge in [-0.2, -0.15) is 11.8 Å². The first-order valence-corrected chi connectivity index (χ1v) is 4.90. The van der Waals surface area contributed by atoms with Crippen molar-refractivity contribution in [1.82, 2.24) is 0 Å². The average Bonchev–Trinajstić information content (AvgIpc) is 2.31. The molecule has 11 heavy (non-hydrogen) atoms. The number of carboxylic acid groups (broad SMARTS) is 1. The highest BCUT2D eigenvalue weighted by Crippen LogP contribution is 2.26. The van der Waals surface area contributed by atoms with E-state index < -0.39 is 5.97 Å². The molecule has 1 heterocycles. The molecule has 2 atom stereocenters. The summed E-state index contributed by atoms with van der Waals surface area (Å²) in [4.78, 5) is 10.2. The lowest BCUT2D eigenvalue weighted by atomic mass is 9.99. The first-order valence-electron chi connectivity index (χ1n) is 3.75. The number of thioether (sulfide) groups is 1. The topological polar surface area (TPSA) is 63.3 Å². The van der Waals surface area contributed by atoms with Crippen molar-refractivity contribution >= 4 is 17.7 Å². The van der Waals surface area contributed by atoms with Crippen LogP contribution in [0.1, 0.15) is 12.8 Å². The summed E-state index contributed by atoms with van der Waals surface area (Å²) in [7, 11) is 0. The zero-order valence-electron chi connectivity index (χ0n) is 6.32. The van der Waals surface area contributed by atoms with E-state index in [9.17, 15) is 4.79 Å². The van der Waals surface area contributed by atoms with E-state index in [1.165, 1.54) is 0 Å². The normalized spacial score (nSPS) is 30.6. The summed E-state index contributed by atoms with van der Waals surface area (Å²) in [6.45, 7) is 0. The highest BCUT2D eigenvalue weighted by atomic mass is 32.2. The fourth-order valence-electron chi connectivity index (χ4n) is 1.22. The summed E-state index contributed by atoms with van der Waals surface area (Å²) in [5.74, 6) is 1.74. The Balaban J connectivity index is 2.20. The van der Waals surface area contributed by atoms with Crippen LogP contribution in [-0.2, 0) is 4.79 Å². The molecule has 0 spiro atoms. The quantitative estimate of drug-likeness (QED) is 0.657. The maximum Gasteiger partial charge on any atom is 0.303 e. The van der Waals surface area contributed by atoms with Gasteiger partial charge in [0.2, 0.25) is 0 Å². The molecule has 4 heteroatoms. The zero-order chi connectivity index (χ0) is 8.27. The molecule has 3 N–H and O–H groups in total. The minimum Gasteiger partial charge on any atom is -0.481 e. The summed E-state index contributed by atoms with van der Waals surface area (Å²) in [5, 5.41) is 8.41. The van der Waals surface area contributed by atoms with Crippen LogP contribution in [0.2, 0.25) is 0 Å². The van der Waals surface area contributed by atoms with E-state index >= 15 is 0 Å². The molecule has 1 aliphatic heterocycles. The molecule has 0 aromatic rings. The number of aliphatic carboxylic acids is 1. The zero-order valence-corrected chi connectivity index (χ0v) is 7.14. The lowest BCUT2D eigenvalue weighted by Crippen LogP contribution is -2.28. The minimum atomic E-state index is -0.714. The van der Waals surface area contributed by atoms with Gasteiger partial charge in [-0.1, -0.05) is 0 Å². The van der Waals surface area contributed by atoms with Crippen molar-refractivity contribution in [3.8, 4) is 0 Å². The molecule has 0 aromatic heterocycles. The van der Waals surface area contributed by atoms with Crippen LogP contribution in [0.15, 0.2) is 0 Å². The van der Waals surface area contributed by atoms with Gasteiger partial charge in [0.1, 0.15) is 0 Å². The molecule has 0 saturated carbocycles. The molecule has 64 valence electrons. The number of nitrogens with two attached hydrogens (primary N) is 1. The molecule has 0 aliphatic carbocycles. The lowest BCUT2D eigenvalue weighted by Gasteiger charge is -2.11. The first-order chi connectivity index (χ1) is 5.20. The van der Waals surface area contributed by atoms with E-state index in [1.54, 1.807) is 0 Å². The molecular weight excluding hydrogens is 162 g/mol. The number of carboxylic acids is 1. The van der Waals surface area contributed by atoms with Gasteiger partial charge in [0.25, 0.3) is 0 Å². The molecule has 1 fully saturated rings. The van der Waals surface area contributed by atoms with Gasteiger partial charge in [0.15, 0.2) is 0 Å². The summed E-state index contributed by atoms with van der Waals surface area (Å²) in [6.07, 6.45) is 1.00. The molecule has 0 radical (unpaired) electrons. The van der Waals surface area contributed by atoms with Crippen molar-refractivity contribution in [2.24, 2.45) is 11.7 Å². The second-order valence-corrected chi connectivity index (χ2v) is 3.97. The van der Waals surface area contributed by atoms with E-state index in [0.717, 1.165) is 17.9 Å². The van der Waals surface area contributed by atoms with Gasteiger partial charge in [0, 0.05) is 18.2 Å². The number of rotatable bonds is 3. The third-order valence-corrected chi connectivity index (χ3v) is 3.26. The standard InChI is InChI=1S/C7H13NO2S/c8-6-4-11-3-5(6)1-2-7(9)10/h5-6H,1-4,8H2,(H,9,10). The van der Waals surface area contributed by atoms with Crippen molar-refractivity contribution in [3.63, 3.8) is 0 Å². The molecule has 1 rings (SSSR count). The largest absolute Gasteiger partial charge is 0.481 e. The van der Waals surface area contributed by atoms with Gasteiger partial charge in [-0.25, -0.2) is 0 Å². The van der Waals surface area contributed by atoms with Crippen molar-refractivity contribution in [2.45, 2.75) is 18.9 Å². The molecular formula is C7H13NO2S. The maximum absolute atomic E-state index is 10.2. The minimum absolute atomic E-state index is 0.222.